The summed E-state index contributed by atoms with van der Waals surface area (Å²) >= 11 is 0. The van der Waals surface area contributed by atoms with Gasteiger partial charge in [0, 0.05) is 32.7 Å². The van der Waals surface area contributed by atoms with Crippen LogP contribution in [0.25, 0.3) is 0 Å². The number of imide groups is 1. The van der Waals surface area contributed by atoms with Crippen molar-refractivity contribution in [3.8, 4) is 5.75 Å². The molecule has 3 rings (SSSR count). The zero-order valence-corrected chi connectivity index (χ0v) is 26.1. The molecule has 45 heavy (non-hydrogen) atoms. The summed E-state index contributed by atoms with van der Waals surface area (Å²) in [6.45, 7) is 8.46. The van der Waals surface area contributed by atoms with Gasteiger partial charge in [0.2, 0.25) is 11.8 Å². The van der Waals surface area contributed by atoms with Crippen LogP contribution in [0.5, 0.6) is 5.75 Å². The minimum atomic E-state index is -1.45. The van der Waals surface area contributed by atoms with Crippen LogP contribution in [-0.4, -0.2) is 111 Å². The van der Waals surface area contributed by atoms with Gasteiger partial charge in [-0.15, -0.1) is 0 Å². The van der Waals surface area contributed by atoms with Gasteiger partial charge in [-0.25, -0.2) is 4.79 Å². The lowest BCUT2D eigenvalue weighted by molar-refractivity contribution is -0.139. The number of piperidine rings is 1. The van der Waals surface area contributed by atoms with Crippen molar-refractivity contribution in [3.05, 3.63) is 29.3 Å². The lowest BCUT2D eigenvalue weighted by Crippen LogP contribution is -2.53. The SMILES string of the molecule is CC(C)(C)OC(=O)NCCCOCCOCCOCCCNC(=O)COc1cccc2c1C(O)N(C1CCC(=O)NC1=O)C2=O. The molecular weight excluding hydrogens is 592 g/mol. The van der Waals surface area contributed by atoms with Crippen molar-refractivity contribution < 1.29 is 52.8 Å². The average Bonchev–Trinajstić information content (AvgIpc) is 3.22. The number of alkyl carbamates (subject to hydrolysis) is 1. The third kappa shape index (κ3) is 11.6. The van der Waals surface area contributed by atoms with Crippen molar-refractivity contribution in [2.75, 3.05) is 59.3 Å². The Balaban J connectivity index is 1.20. The first-order chi connectivity index (χ1) is 21.5. The molecule has 5 amide bonds. The van der Waals surface area contributed by atoms with E-state index in [1.54, 1.807) is 26.8 Å². The van der Waals surface area contributed by atoms with Gasteiger partial charge in [-0.3, -0.25) is 29.4 Å². The summed E-state index contributed by atoms with van der Waals surface area (Å²) in [7, 11) is 0. The van der Waals surface area contributed by atoms with E-state index in [4.69, 9.17) is 23.7 Å². The predicted molar refractivity (Wildman–Crippen MR) is 158 cm³/mol. The average molecular weight is 637 g/mol. The standard InChI is InChI=1S/C30H44N4O11/c1-30(2,3)45-29(40)32-12-6-14-42-16-18-43-17-15-41-13-5-11-31-24(36)19-44-22-8-4-7-20-25(22)28(39)34(27(20)38)21-9-10-23(35)33-26(21)37/h4,7-8,21,28,39H,5-6,9-19H2,1-3H3,(H,31,36)(H,32,40)(H,33,35,37). The number of benzene rings is 1. The zero-order chi connectivity index (χ0) is 32.8. The maximum atomic E-state index is 13.0. The molecule has 1 aromatic carbocycles. The molecule has 2 aliphatic rings. The van der Waals surface area contributed by atoms with Gasteiger partial charge in [-0.05, 0) is 52.2 Å². The van der Waals surface area contributed by atoms with Crippen LogP contribution in [0.4, 0.5) is 4.79 Å². The molecule has 250 valence electrons. The number of hydrogen-bond acceptors (Lipinski definition) is 11. The minimum Gasteiger partial charge on any atom is -0.483 e. The molecule has 1 fully saturated rings. The second kappa shape index (κ2) is 17.6. The van der Waals surface area contributed by atoms with Crippen LogP contribution in [0.3, 0.4) is 0 Å². The molecule has 0 radical (unpaired) electrons. The summed E-state index contributed by atoms with van der Waals surface area (Å²) in [5.41, 5.74) is -0.179. The number of nitrogens with zero attached hydrogens (tertiary/aromatic N) is 1. The maximum Gasteiger partial charge on any atom is 0.407 e. The molecule has 0 spiro atoms. The first-order valence-corrected chi connectivity index (χ1v) is 15.0. The summed E-state index contributed by atoms with van der Waals surface area (Å²) in [4.78, 5) is 61.6. The van der Waals surface area contributed by atoms with Gasteiger partial charge in [0.25, 0.3) is 11.8 Å². The Morgan fingerprint density at radius 3 is 2.20 bits per heavy atom. The molecule has 2 aliphatic heterocycles. The first kappa shape index (κ1) is 35.7. The highest BCUT2D eigenvalue weighted by Gasteiger charge is 2.45. The number of carbonyl (C=O) groups is 5. The number of carbonyl (C=O) groups excluding carboxylic acids is 5. The van der Waals surface area contributed by atoms with E-state index < -0.39 is 47.6 Å². The summed E-state index contributed by atoms with van der Waals surface area (Å²) < 4.78 is 27.2. The molecule has 0 aliphatic carbocycles. The van der Waals surface area contributed by atoms with E-state index in [2.05, 4.69) is 16.0 Å². The Bertz CT molecular complexity index is 1190. The molecule has 0 bridgehead atoms. The summed E-state index contributed by atoms with van der Waals surface area (Å²) in [6, 6.07) is 3.61. The van der Waals surface area contributed by atoms with Gasteiger partial charge < -0.3 is 39.4 Å². The Hall–Kier alpha value is -3.79. The van der Waals surface area contributed by atoms with E-state index in [1.807, 2.05) is 0 Å². The monoisotopic (exact) mass is 636 g/mol. The molecular formula is C30H44N4O11. The normalized spacial score (nSPS) is 18.0. The highest BCUT2D eigenvalue weighted by atomic mass is 16.6. The molecule has 0 aromatic heterocycles. The Labute approximate surface area is 262 Å². The lowest BCUT2D eigenvalue weighted by Gasteiger charge is -2.32. The largest absolute Gasteiger partial charge is 0.483 e. The van der Waals surface area contributed by atoms with Crippen LogP contribution in [0.15, 0.2) is 18.2 Å². The van der Waals surface area contributed by atoms with Gasteiger partial charge in [-0.1, -0.05) is 6.07 Å². The number of aliphatic hydroxyl groups excluding tert-OH is 1. The topological polar surface area (TPSA) is 191 Å². The van der Waals surface area contributed by atoms with E-state index in [0.717, 1.165) is 4.90 Å². The fourth-order valence-corrected chi connectivity index (χ4v) is 4.59. The van der Waals surface area contributed by atoms with Crippen molar-refractivity contribution in [2.24, 2.45) is 0 Å². The van der Waals surface area contributed by atoms with E-state index in [9.17, 15) is 29.1 Å². The van der Waals surface area contributed by atoms with Gasteiger partial charge >= 0.3 is 6.09 Å². The smallest absolute Gasteiger partial charge is 0.407 e. The third-order valence-electron chi connectivity index (χ3n) is 6.62. The Morgan fingerprint density at radius 1 is 0.956 bits per heavy atom. The van der Waals surface area contributed by atoms with Gasteiger partial charge in [0.1, 0.15) is 17.4 Å². The van der Waals surface area contributed by atoms with Crippen LogP contribution in [0, 0.1) is 0 Å². The second-order valence-corrected chi connectivity index (χ2v) is 11.4. The number of ether oxygens (including phenoxy) is 5. The Morgan fingerprint density at radius 2 is 1.58 bits per heavy atom. The fraction of sp³-hybridized carbons (Fsp3) is 0.633. The second-order valence-electron chi connectivity index (χ2n) is 11.4. The van der Waals surface area contributed by atoms with Crippen molar-refractivity contribution in [1.29, 1.82) is 0 Å². The molecule has 2 heterocycles. The van der Waals surface area contributed by atoms with Crippen molar-refractivity contribution >= 4 is 29.7 Å². The fourth-order valence-electron chi connectivity index (χ4n) is 4.59. The summed E-state index contributed by atoms with van der Waals surface area (Å²) in [5, 5.41) is 18.5. The Kier molecular flexibility index (Phi) is 14.0. The van der Waals surface area contributed by atoms with Crippen molar-refractivity contribution in [3.63, 3.8) is 0 Å². The number of nitrogens with one attached hydrogen (secondary N) is 3. The summed E-state index contributed by atoms with van der Waals surface area (Å²) in [5.74, 6) is -1.86. The van der Waals surface area contributed by atoms with Gasteiger partial charge in [-0.2, -0.15) is 0 Å². The van der Waals surface area contributed by atoms with Crippen LogP contribution in [0.1, 0.15) is 68.6 Å². The van der Waals surface area contributed by atoms with Crippen molar-refractivity contribution in [2.45, 2.75) is 64.3 Å². The van der Waals surface area contributed by atoms with Crippen LogP contribution >= 0.6 is 0 Å². The van der Waals surface area contributed by atoms with E-state index in [1.165, 1.54) is 12.1 Å². The van der Waals surface area contributed by atoms with Crippen LogP contribution in [0.2, 0.25) is 0 Å². The minimum absolute atomic E-state index is 0.0569. The number of aliphatic hydroxyl groups is 1. The molecule has 2 unspecified atom stereocenters. The highest BCUT2D eigenvalue weighted by molar-refractivity contribution is 6.06. The van der Waals surface area contributed by atoms with Crippen molar-refractivity contribution in [1.82, 2.24) is 20.9 Å². The molecule has 1 aromatic rings. The highest BCUT2D eigenvalue weighted by Crippen LogP contribution is 2.40. The maximum absolute atomic E-state index is 13.0. The summed E-state index contributed by atoms with van der Waals surface area (Å²) in [6.07, 6.45) is -0.511. The zero-order valence-electron chi connectivity index (χ0n) is 26.1. The molecule has 0 saturated carbocycles. The van der Waals surface area contributed by atoms with Crippen LogP contribution < -0.4 is 20.7 Å². The quantitative estimate of drug-likeness (QED) is 0.132. The number of rotatable bonds is 18. The molecule has 15 heteroatoms. The van der Waals surface area contributed by atoms with E-state index >= 15 is 0 Å². The van der Waals surface area contributed by atoms with E-state index in [0.29, 0.717) is 65.6 Å². The predicted octanol–water partition coefficient (Wildman–Crippen LogP) is 0.788. The lowest BCUT2D eigenvalue weighted by atomic mass is 10.0. The molecule has 4 N–H and O–H groups in total. The number of hydrogen-bond donors (Lipinski definition) is 4. The van der Waals surface area contributed by atoms with Gasteiger partial charge in [0.05, 0.1) is 37.6 Å². The third-order valence-corrected chi connectivity index (χ3v) is 6.62. The molecule has 2 atom stereocenters. The van der Waals surface area contributed by atoms with E-state index in [-0.39, 0.29) is 36.3 Å². The molecule has 1 saturated heterocycles. The van der Waals surface area contributed by atoms with Crippen LogP contribution in [-0.2, 0) is 33.3 Å². The number of fused-ring (bicyclic) bond motifs is 1. The first-order valence-electron chi connectivity index (χ1n) is 15.0. The van der Waals surface area contributed by atoms with Gasteiger partial charge in [0.15, 0.2) is 12.8 Å². The molecule has 15 nitrogen and oxygen atoms in total. The number of amides is 5.